The number of ether oxygens (including phenoxy) is 1. The van der Waals surface area contributed by atoms with Crippen molar-refractivity contribution in [3.63, 3.8) is 0 Å². The highest BCUT2D eigenvalue weighted by Crippen LogP contribution is 2.44. The van der Waals surface area contributed by atoms with Crippen LogP contribution in [0, 0.1) is 5.92 Å². The SMILES string of the molecule is CC1CCC(CN)(N(C)CC2CCC3(CCCC3)O2)CC1. The van der Waals surface area contributed by atoms with Crippen LogP contribution in [0.3, 0.4) is 0 Å². The van der Waals surface area contributed by atoms with Crippen molar-refractivity contribution in [2.24, 2.45) is 11.7 Å². The van der Waals surface area contributed by atoms with Gasteiger partial charge in [-0.25, -0.2) is 0 Å². The van der Waals surface area contributed by atoms with E-state index in [0.29, 0.717) is 6.10 Å². The van der Waals surface area contributed by atoms with Crippen LogP contribution in [0.2, 0.25) is 0 Å². The molecule has 0 aromatic rings. The van der Waals surface area contributed by atoms with Gasteiger partial charge in [-0.05, 0) is 64.3 Å². The van der Waals surface area contributed by atoms with Crippen molar-refractivity contribution in [3.8, 4) is 0 Å². The zero-order valence-corrected chi connectivity index (χ0v) is 14.1. The van der Waals surface area contributed by atoms with Gasteiger partial charge in [0, 0.05) is 18.6 Å². The molecule has 1 atom stereocenters. The lowest BCUT2D eigenvalue weighted by atomic mass is 9.76. The van der Waals surface area contributed by atoms with E-state index in [1.165, 1.54) is 64.2 Å². The third kappa shape index (κ3) is 3.16. The van der Waals surface area contributed by atoms with E-state index in [1.807, 2.05) is 0 Å². The summed E-state index contributed by atoms with van der Waals surface area (Å²) in [7, 11) is 2.28. The maximum Gasteiger partial charge on any atom is 0.0710 e. The molecule has 0 radical (unpaired) electrons. The highest BCUT2D eigenvalue weighted by Gasteiger charge is 2.44. The Hall–Kier alpha value is -0.120. The van der Waals surface area contributed by atoms with E-state index in [-0.39, 0.29) is 11.1 Å². The molecule has 1 spiro atoms. The molecule has 3 rings (SSSR count). The summed E-state index contributed by atoms with van der Waals surface area (Å²) in [5, 5.41) is 0. The molecule has 1 aliphatic heterocycles. The fourth-order valence-electron chi connectivity index (χ4n) is 4.95. The molecular formula is C18H34N2O. The molecule has 0 bridgehead atoms. The standard InChI is InChI=1S/C18H34N2O/c1-15-5-10-17(14-19,11-6-15)20(2)13-16-7-12-18(21-16)8-3-4-9-18/h15-16H,3-14,19H2,1-2H3. The molecule has 2 aliphatic carbocycles. The van der Waals surface area contributed by atoms with Crippen molar-refractivity contribution in [1.29, 1.82) is 0 Å². The van der Waals surface area contributed by atoms with Gasteiger partial charge in [-0.1, -0.05) is 19.8 Å². The second-order valence-corrected chi connectivity index (χ2v) is 8.16. The molecule has 3 aliphatic rings. The number of likely N-dealkylation sites (N-methyl/N-ethyl adjacent to an activating group) is 1. The van der Waals surface area contributed by atoms with Gasteiger partial charge in [-0.15, -0.1) is 0 Å². The fourth-order valence-corrected chi connectivity index (χ4v) is 4.95. The minimum atomic E-state index is 0.237. The molecule has 0 amide bonds. The van der Waals surface area contributed by atoms with Crippen LogP contribution < -0.4 is 5.73 Å². The molecule has 21 heavy (non-hydrogen) atoms. The van der Waals surface area contributed by atoms with Gasteiger partial charge < -0.3 is 10.5 Å². The van der Waals surface area contributed by atoms with Crippen LogP contribution in [0.5, 0.6) is 0 Å². The Labute approximate surface area is 130 Å². The quantitative estimate of drug-likeness (QED) is 0.864. The van der Waals surface area contributed by atoms with Gasteiger partial charge in [0.25, 0.3) is 0 Å². The highest BCUT2D eigenvalue weighted by molar-refractivity contribution is 4.97. The van der Waals surface area contributed by atoms with Gasteiger partial charge in [-0.3, -0.25) is 4.90 Å². The predicted octanol–water partition coefficient (Wildman–Crippen LogP) is 3.32. The predicted molar refractivity (Wildman–Crippen MR) is 87.4 cm³/mol. The topological polar surface area (TPSA) is 38.5 Å². The zero-order valence-electron chi connectivity index (χ0n) is 14.1. The molecular weight excluding hydrogens is 260 g/mol. The average Bonchev–Trinajstić information content (AvgIpc) is 3.11. The monoisotopic (exact) mass is 294 g/mol. The summed E-state index contributed by atoms with van der Waals surface area (Å²) in [4.78, 5) is 2.55. The molecule has 2 N–H and O–H groups in total. The van der Waals surface area contributed by atoms with Crippen LogP contribution in [0.4, 0.5) is 0 Å². The lowest BCUT2D eigenvalue weighted by molar-refractivity contribution is -0.0602. The summed E-state index contributed by atoms with van der Waals surface area (Å²) >= 11 is 0. The van der Waals surface area contributed by atoms with Crippen molar-refractivity contribution in [2.75, 3.05) is 20.1 Å². The number of nitrogens with zero attached hydrogens (tertiary/aromatic N) is 1. The minimum absolute atomic E-state index is 0.237. The van der Waals surface area contributed by atoms with Gasteiger partial charge in [0.05, 0.1) is 11.7 Å². The second-order valence-electron chi connectivity index (χ2n) is 8.16. The average molecular weight is 294 g/mol. The molecule has 0 aromatic carbocycles. The Kier molecular flexibility index (Phi) is 4.63. The van der Waals surface area contributed by atoms with E-state index in [4.69, 9.17) is 10.5 Å². The number of rotatable bonds is 4. The summed E-state index contributed by atoms with van der Waals surface area (Å²) in [6.07, 6.45) is 13.5. The van der Waals surface area contributed by atoms with E-state index < -0.39 is 0 Å². The van der Waals surface area contributed by atoms with Crippen molar-refractivity contribution in [1.82, 2.24) is 4.90 Å². The second kappa shape index (κ2) is 6.17. The first-order valence-electron chi connectivity index (χ1n) is 9.17. The van der Waals surface area contributed by atoms with Gasteiger partial charge in [-0.2, -0.15) is 0 Å². The third-order valence-electron chi connectivity index (χ3n) is 6.73. The van der Waals surface area contributed by atoms with Crippen LogP contribution in [0.1, 0.15) is 71.1 Å². The summed E-state index contributed by atoms with van der Waals surface area (Å²) < 4.78 is 6.50. The summed E-state index contributed by atoms with van der Waals surface area (Å²) in [6, 6.07) is 0. The Morgan fingerprint density at radius 3 is 2.33 bits per heavy atom. The minimum Gasteiger partial charge on any atom is -0.370 e. The molecule has 1 heterocycles. The highest BCUT2D eigenvalue weighted by atomic mass is 16.5. The third-order valence-corrected chi connectivity index (χ3v) is 6.73. The molecule has 2 saturated carbocycles. The number of nitrogens with two attached hydrogens (primary N) is 1. The number of hydrogen-bond acceptors (Lipinski definition) is 3. The molecule has 3 heteroatoms. The van der Waals surface area contributed by atoms with Crippen LogP contribution in [0.25, 0.3) is 0 Å². The first kappa shape index (κ1) is 15.8. The van der Waals surface area contributed by atoms with E-state index in [1.54, 1.807) is 0 Å². The molecule has 3 nitrogen and oxygen atoms in total. The lowest BCUT2D eigenvalue weighted by Gasteiger charge is -2.46. The molecule has 0 aromatic heterocycles. The van der Waals surface area contributed by atoms with Crippen molar-refractivity contribution in [2.45, 2.75) is 88.4 Å². The van der Waals surface area contributed by atoms with Crippen LogP contribution in [-0.2, 0) is 4.74 Å². The Morgan fingerprint density at radius 2 is 1.71 bits per heavy atom. The Morgan fingerprint density at radius 1 is 1.05 bits per heavy atom. The van der Waals surface area contributed by atoms with E-state index >= 15 is 0 Å². The maximum atomic E-state index is 6.50. The molecule has 3 fully saturated rings. The summed E-state index contributed by atoms with van der Waals surface area (Å²) in [6.45, 7) is 4.26. The van der Waals surface area contributed by atoms with E-state index in [2.05, 4.69) is 18.9 Å². The molecule has 1 unspecified atom stereocenters. The zero-order chi connectivity index (χ0) is 14.9. The molecule has 122 valence electrons. The number of hydrogen-bond donors (Lipinski definition) is 1. The van der Waals surface area contributed by atoms with Crippen molar-refractivity contribution >= 4 is 0 Å². The van der Waals surface area contributed by atoms with Crippen molar-refractivity contribution < 1.29 is 4.74 Å². The van der Waals surface area contributed by atoms with Gasteiger partial charge in [0.15, 0.2) is 0 Å². The summed E-state index contributed by atoms with van der Waals surface area (Å²) in [5.74, 6) is 0.877. The van der Waals surface area contributed by atoms with Crippen LogP contribution in [0.15, 0.2) is 0 Å². The lowest BCUT2D eigenvalue weighted by Crippen LogP contribution is -2.55. The smallest absolute Gasteiger partial charge is 0.0710 e. The largest absolute Gasteiger partial charge is 0.370 e. The van der Waals surface area contributed by atoms with E-state index in [0.717, 1.165) is 19.0 Å². The maximum absolute atomic E-state index is 6.50. The first-order chi connectivity index (χ1) is 10.1. The Balaban J connectivity index is 1.56. The Bertz CT molecular complexity index is 343. The fraction of sp³-hybridized carbons (Fsp3) is 1.00. The normalized spacial score (nSPS) is 39.4. The van der Waals surface area contributed by atoms with Crippen molar-refractivity contribution in [3.05, 3.63) is 0 Å². The first-order valence-corrected chi connectivity index (χ1v) is 9.17. The van der Waals surface area contributed by atoms with E-state index in [9.17, 15) is 0 Å². The van der Waals surface area contributed by atoms with Gasteiger partial charge >= 0.3 is 0 Å². The van der Waals surface area contributed by atoms with Gasteiger partial charge in [0.1, 0.15) is 0 Å². The summed E-state index contributed by atoms with van der Waals surface area (Å²) in [5.41, 5.74) is 6.70. The van der Waals surface area contributed by atoms with Crippen LogP contribution in [-0.4, -0.2) is 42.3 Å². The van der Waals surface area contributed by atoms with Gasteiger partial charge in [0.2, 0.25) is 0 Å². The van der Waals surface area contributed by atoms with Crippen LogP contribution >= 0.6 is 0 Å². The molecule has 1 saturated heterocycles.